The molecule has 3 nitrogen and oxygen atoms in total. The highest BCUT2D eigenvalue weighted by Gasteiger charge is 2.58. The van der Waals surface area contributed by atoms with Crippen molar-refractivity contribution < 1.29 is 14.3 Å². The van der Waals surface area contributed by atoms with Gasteiger partial charge in [-0.1, -0.05) is 35.8 Å². The number of carbonyl (C=O) groups excluding carboxylic acids is 2. The second kappa shape index (κ2) is 5.94. The van der Waals surface area contributed by atoms with Crippen LogP contribution in [0.25, 0.3) is 0 Å². The molecular weight excluding hydrogens is 380 g/mol. The van der Waals surface area contributed by atoms with Crippen LogP contribution in [0.15, 0.2) is 18.2 Å². The highest BCUT2D eigenvalue weighted by molar-refractivity contribution is 9.10. The lowest BCUT2D eigenvalue weighted by Crippen LogP contribution is -2.45. The summed E-state index contributed by atoms with van der Waals surface area (Å²) in [6, 6.07) is 6.13. The second-order valence-electron chi connectivity index (χ2n) is 8.45. The highest BCUT2D eigenvalue weighted by atomic mass is 79.9. The fourth-order valence-corrected chi connectivity index (χ4v) is 6.86. The smallest absolute Gasteiger partial charge is 0.308 e. The van der Waals surface area contributed by atoms with Crippen LogP contribution in [-0.2, 0) is 16.0 Å². The normalized spacial score (nSPS) is 39.4. The van der Waals surface area contributed by atoms with Crippen LogP contribution in [0.2, 0.25) is 0 Å². The molecule has 0 bridgehead atoms. The number of hydrogen-bond acceptors (Lipinski definition) is 3. The third-order valence-electron chi connectivity index (χ3n) is 7.00. The Hall–Kier alpha value is -1.16. The standard InChI is InChI=1S/C21H25BrO3/c1-11-8-13-9-14(25-12(2)23)4-5-15(13)16-6-7-21(3)17(19(11)16)10-18(22)20(21)24/h4-5,9,11,16-19H,6-8,10H2,1-3H3/t11-,16-,17+,18-,19-,21+/m1/s1. The largest absolute Gasteiger partial charge is 0.427 e. The summed E-state index contributed by atoms with van der Waals surface area (Å²) in [6.45, 7) is 5.97. The number of Topliss-reactive ketones (excluding diaryl/α,β-unsaturated/α-hetero) is 1. The summed E-state index contributed by atoms with van der Waals surface area (Å²) in [5, 5.41) is 0. The number of fused-ring (bicyclic) bond motifs is 5. The Morgan fingerprint density at radius 2 is 2.12 bits per heavy atom. The van der Waals surface area contributed by atoms with Gasteiger partial charge >= 0.3 is 5.97 Å². The van der Waals surface area contributed by atoms with Crippen molar-refractivity contribution in [3.05, 3.63) is 29.3 Å². The average Bonchev–Trinajstić information content (AvgIpc) is 2.77. The minimum Gasteiger partial charge on any atom is -0.427 e. The first-order valence-electron chi connectivity index (χ1n) is 9.31. The molecule has 0 amide bonds. The lowest BCUT2D eigenvalue weighted by molar-refractivity contribution is -0.132. The van der Waals surface area contributed by atoms with E-state index in [2.05, 4.69) is 35.8 Å². The maximum absolute atomic E-state index is 12.7. The Bertz CT molecular complexity index is 743. The molecule has 3 aliphatic rings. The Kier molecular flexibility index (Phi) is 4.10. The molecule has 0 unspecified atom stereocenters. The predicted molar refractivity (Wildman–Crippen MR) is 100 cm³/mol. The minimum atomic E-state index is -0.275. The van der Waals surface area contributed by atoms with Crippen molar-refractivity contribution >= 4 is 27.7 Å². The van der Waals surface area contributed by atoms with E-state index in [1.54, 1.807) is 0 Å². The summed E-state index contributed by atoms with van der Waals surface area (Å²) in [5.74, 6) is 2.89. The monoisotopic (exact) mass is 404 g/mol. The first-order chi connectivity index (χ1) is 11.8. The predicted octanol–water partition coefficient (Wildman–Crippen LogP) is 4.66. The molecule has 3 aliphatic carbocycles. The lowest BCUT2D eigenvalue weighted by atomic mass is 9.53. The number of alkyl halides is 1. The van der Waals surface area contributed by atoms with E-state index in [9.17, 15) is 9.59 Å². The first kappa shape index (κ1) is 17.3. The molecule has 6 atom stereocenters. The van der Waals surface area contributed by atoms with Crippen LogP contribution in [0.4, 0.5) is 0 Å². The number of ketones is 1. The fourth-order valence-electron chi connectivity index (χ4n) is 5.94. The fraction of sp³-hybridized carbons (Fsp3) is 0.619. The van der Waals surface area contributed by atoms with Gasteiger partial charge in [0.2, 0.25) is 0 Å². The molecule has 0 saturated heterocycles. The van der Waals surface area contributed by atoms with Crippen LogP contribution in [-0.4, -0.2) is 16.6 Å². The molecule has 0 aromatic heterocycles. The molecule has 0 N–H and O–H groups in total. The highest BCUT2D eigenvalue weighted by Crippen LogP contribution is 2.61. The molecule has 0 radical (unpaired) electrons. The summed E-state index contributed by atoms with van der Waals surface area (Å²) in [4.78, 5) is 24.0. The molecule has 2 saturated carbocycles. The van der Waals surface area contributed by atoms with E-state index < -0.39 is 0 Å². The van der Waals surface area contributed by atoms with Crippen molar-refractivity contribution in [3.63, 3.8) is 0 Å². The van der Waals surface area contributed by atoms with Crippen LogP contribution >= 0.6 is 15.9 Å². The number of ether oxygens (including phenoxy) is 1. The Labute approximate surface area is 157 Å². The van der Waals surface area contributed by atoms with Gasteiger partial charge in [0.15, 0.2) is 5.78 Å². The molecule has 0 spiro atoms. The van der Waals surface area contributed by atoms with Gasteiger partial charge in [0, 0.05) is 12.3 Å². The van der Waals surface area contributed by atoms with Gasteiger partial charge in [0.1, 0.15) is 5.75 Å². The zero-order chi connectivity index (χ0) is 17.9. The molecular formula is C21H25BrO3. The molecule has 4 rings (SSSR count). The van der Waals surface area contributed by atoms with E-state index in [0.29, 0.717) is 35.2 Å². The number of carbonyl (C=O) groups is 2. The third kappa shape index (κ3) is 2.59. The zero-order valence-corrected chi connectivity index (χ0v) is 16.6. The van der Waals surface area contributed by atoms with Gasteiger partial charge in [-0.3, -0.25) is 9.59 Å². The van der Waals surface area contributed by atoms with Crippen LogP contribution in [0.3, 0.4) is 0 Å². The van der Waals surface area contributed by atoms with Gasteiger partial charge < -0.3 is 4.74 Å². The zero-order valence-electron chi connectivity index (χ0n) is 15.0. The Balaban J connectivity index is 1.70. The summed E-state index contributed by atoms with van der Waals surface area (Å²) in [6.07, 6.45) is 4.03. The first-order valence-corrected chi connectivity index (χ1v) is 10.2. The summed E-state index contributed by atoms with van der Waals surface area (Å²) in [7, 11) is 0. The van der Waals surface area contributed by atoms with E-state index in [1.807, 2.05) is 12.1 Å². The van der Waals surface area contributed by atoms with Crippen molar-refractivity contribution in [3.8, 4) is 5.75 Å². The summed E-state index contributed by atoms with van der Waals surface area (Å²) < 4.78 is 5.28. The Morgan fingerprint density at radius 1 is 1.36 bits per heavy atom. The summed E-state index contributed by atoms with van der Waals surface area (Å²) >= 11 is 3.63. The van der Waals surface area contributed by atoms with Crippen molar-refractivity contribution in [1.82, 2.24) is 0 Å². The van der Waals surface area contributed by atoms with E-state index in [-0.39, 0.29) is 16.2 Å². The van der Waals surface area contributed by atoms with E-state index in [0.717, 1.165) is 25.7 Å². The van der Waals surface area contributed by atoms with Crippen LogP contribution in [0.1, 0.15) is 57.1 Å². The molecule has 2 fully saturated rings. The lowest BCUT2D eigenvalue weighted by Gasteiger charge is -2.50. The van der Waals surface area contributed by atoms with Gasteiger partial charge in [-0.05, 0) is 72.6 Å². The number of hydrogen-bond donors (Lipinski definition) is 0. The van der Waals surface area contributed by atoms with Crippen LogP contribution in [0.5, 0.6) is 5.75 Å². The maximum atomic E-state index is 12.7. The van der Waals surface area contributed by atoms with Gasteiger partial charge in [0.25, 0.3) is 0 Å². The SMILES string of the molecule is CC(=O)Oc1ccc2c(c1)C[C@@H](C)[C@@H]1[C@@H]2CC[C@]2(C)C(=O)[C@H](Br)C[C@@H]12. The molecule has 0 aliphatic heterocycles. The number of benzene rings is 1. The number of esters is 1. The van der Waals surface area contributed by atoms with Crippen LogP contribution < -0.4 is 4.74 Å². The van der Waals surface area contributed by atoms with Crippen molar-refractivity contribution in [1.29, 1.82) is 0 Å². The minimum absolute atomic E-state index is 0.0289. The number of rotatable bonds is 1. The van der Waals surface area contributed by atoms with Crippen molar-refractivity contribution in [2.45, 2.75) is 57.2 Å². The maximum Gasteiger partial charge on any atom is 0.308 e. The molecule has 4 heteroatoms. The molecule has 1 aromatic carbocycles. The summed E-state index contributed by atoms with van der Waals surface area (Å²) in [5.41, 5.74) is 2.57. The van der Waals surface area contributed by atoms with Gasteiger partial charge in [-0.15, -0.1) is 0 Å². The average molecular weight is 405 g/mol. The second-order valence-corrected chi connectivity index (χ2v) is 9.55. The number of halogens is 1. The van der Waals surface area contributed by atoms with E-state index in [1.165, 1.54) is 18.1 Å². The molecule has 1 aromatic rings. The third-order valence-corrected chi connectivity index (χ3v) is 7.79. The van der Waals surface area contributed by atoms with Gasteiger partial charge in [-0.2, -0.15) is 0 Å². The van der Waals surface area contributed by atoms with E-state index >= 15 is 0 Å². The van der Waals surface area contributed by atoms with Gasteiger partial charge in [-0.25, -0.2) is 0 Å². The van der Waals surface area contributed by atoms with E-state index in [4.69, 9.17) is 4.74 Å². The molecule has 134 valence electrons. The molecule has 0 heterocycles. The Morgan fingerprint density at radius 3 is 2.84 bits per heavy atom. The van der Waals surface area contributed by atoms with Crippen molar-refractivity contribution in [2.24, 2.45) is 23.2 Å². The van der Waals surface area contributed by atoms with Gasteiger partial charge in [0.05, 0.1) is 4.83 Å². The van der Waals surface area contributed by atoms with Crippen molar-refractivity contribution in [2.75, 3.05) is 0 Å². The topological polar surface area (TPSA) is 43.4 Å². The molecule has 25 heavy (non-hydrogen) atoms. The quantitative estimate of drug-likeness (QED) is 0.388. The van der Waals surface area contributed by atoms with Crippen LogP contribution in [0, 0.1) is 23.2 Å².